The zero-order valence-corrected chi connectivity index (χ0v) is 24.4. The molecule has 0 N–H and O–H groups in total. The third-order valence-electron chi connectivity index (χ3n) is 7.84. The van der Waals surface area contributed by atoms with Crippen molar-refractivity contribution in [2.45, 2.75) is 38.5 Å². The number of carbonyl (C=O) groups excluding carboxylic acids is 2. The van der Waals surface area contributed by atoms with Crippen LogP contribution in [0, 0.1) is 11.8 Å². The van der Waals surface area contributed by atoms with Crippen molar-refractivity contribution >= 4 is 23.3 Å². The van der Waals surface area contributed by atoms with E-state index in [-0.39, 0.29) is 0 Å². The molecule has 0 spiro atoms. The summed E-state index contributed by atoms with van der Waals surface area (Å²) < 4.78 is 0. The van der Waals surface area contributed by atoms with E-state index in [0.29, 0.717) is 38.0 Å². The molecule has 0 amide bonds. The highest BCUT2D eigenvalue weighted by Gasteiger charge is 2.23. The predicted octanol–water partition coefficient (Wildman–Crippen LogP) is 4.50. The van der Waals surface area contributed by atoms with Crippen LogP contribution in [-0.2, 0) is 32.1 Å². The number of carbonyl (C=O) groups is 2. The lowest BCUT2D eigenvalue weighted by atomic mass is 9.90. The first kappa shape index (κ1) is 29.6. The monoisotopic (exact) mass is 548 g/mol. The van der Waals surface area contributed by atoms with Gasteiger partial charge in [0.25, 0.3) is 0 Å². The summed E-state index contributed by atoms with van der Waals surface area (Å²) in [4.78, 5) is 39.7. The molecule has 0 bridgehead atoms. The van der Waals surface area contributed by atoms with Crippen LogP contribution in [0.2, 0.25) is 0 Å². The number of nitrogens with zero attached hydrogens (tertiary/aromatic N) is 4. The minimum Gasteiger partial charge on any atom is -0.378 e. The van der Waals surface area contributed by atoms with Crippen molar-refractivity contribution in [1.82, 2.24) is 10.1 Å². The maximum Gasteiger partial charge on any atom is 0.349 e. The molecule has 2 fully saturated rings. The Labute approximate surface area is 239 Å². The number of hydrogen-bond acceptors (Lipinski definition) is 8. The smallest absolute Gasteiger partial charge is 0.349 e. The van der Waals surface area contributed by atoms with Gasteiger partial charge in [-0.3, -0.25) is 0 Å². The fourth-order valence-electron chi connectivity index (χ4n) is 5.45. The standard InChI is InChI=1S/C32H44N4O4/c1-33(2)29-9-5-7-27(23-29)21-25-13-17-35(18-14-25)39-31(37)11-12-32(38)40-36-19-15-26(16-20-36)22-28-8-6-10-30(24-28)34(3)4/h5-12,23-26H,13-22H2,1-4H3/b12-11+. The van der Waals surface area contributed by atoms with Crippen LogP contribution in [0.1, 0.15) is 36.8 Å². The van der Waals surface area contributed by atoms with Gasteiger partial charge < -0.3 is 19.5 Å². The summed E-state index contributed by atoms with van der Waals surface area (Å²) in [5.74, 6) is 0.0240. The molecule has 0 radical (unpaired) electrons. The number of hydroxylamine groups is 4. The van der Waals surface area contributed by atoms with E-state index < -0.39 is 11.9 Å². The predicted molar refractivity (Wildman–Crippen MR) is 159 cm³/mol. The van der Waals surface area contributed by atoms with Gasteiger partial charge in [-0.2, -0.15) is 0 Å². The molecular formula is C32H44N4O4. The fraction of sp³-hybridized carbons (Fsp3) is 0.500. The van der Waals surface area contributed by atoms with Crippen LogP contribution < -0.4 is 9.80 Å². The van der Waals surface area contributed by atoms with Crippen molar-refractivity contribution in [3.8, 4) is 0 Å². The molecule has 216 valence electrons. The molecule has 2 aromatic rings. The topological polar surface area (TPSA) is 65.6 Å². The van der Waals surface area contributed by atoms with E-state index in [1.54, 1.807) is 10.1 Å². The summed E-state index contributed by atoms with van der Waals surface area (Å²) in [5, 5.41) is 3.40. The number of benzene rings is 2. The van der Waals surface area contributed by atoms with Crippen LogP contribution in [0.3, 0.4) is 0 Å². The molecule has 0 aliphatic carbocycles. The maximum atomic E-state index is 12.3. The number of anilines is 2. The summed E-state index contributed by atoms with van der Waals surface area (Å²) in [6.45, 7) is 2.76. The van der Waals surface area contributed by atoms with Crippen molar-refractivity contribution in [1.29, 1.82) is 0 Å². The molecule has 8 nitrogen and oxygen atoms in total. The van der Waals surface area contributed by atoms with E-state index in [2.05, 4.69) is 86.5 Å². The Morgan fingerprint density at radius 1 is 0.700 bits per heavy atom. The molecule has 2 aromatic carbocycles. The molecule has 40 heavy (non-hydrogen) atoms. The minimum atomic E-state index is -0.548. The molecule has 2 aliphatic rings. The first-order valence-electron chi connectivity index (χ1n) is 14.4. The quantitative estimate of drug-likeness (QED) is 0.402. The van der Waals surface area contributed by atoms with Gasteiger partial charge in [-0.1, -0.05) is 24.3 Å². The highest BCUT2D eigenvalue weighted by molar-refractivity contribution is 5.91. The normalized spacial score (nSPS) is 17.6. The van der Waals surface area contributed by atoms with Crippen molar-refractivity contribution < 1.29 is 19.3 Å². The van der Waals surface area contributed by atoms with E-state index in [4.69, 9.17) is 9.68 Å². The molecule has 0 atom stereocenters. The zero-order chi connectivity index (χ0) is 28.5. The van der Waals surface area contributed by atoms with Crippen molar-refractivity contribution in [3.63, 3.8) is 0 Å². The largest absolute Gasteiger partial charge is 0.378 e. The van der Waals surface area contributed by atoms with E-state index in [1.165, 1.54) is 22.5 Å². The average molecular weight is 549 g/mol. The maximum absolute atomic E-state index is 12.3. The minimum absolute atomic E-state index is 0.548. The second-order valence-electron chi connectivity index (χ2n) is 11.4. The highest BCUT2D eigenvalue weighted by Crippen LogP contribution is 2.25. The zero-order valence-electron chi connectivity index (χ0n) is 24.4. The molecule has 0 saturated carbocycles. The Morgan fingerprint density at radius 2 is 1.07 bits per heavy atom. The van der Waals surface area contributed by atoms with Gasteiger partial charge in [-0.15, -0.1) is 10.1 Å². The molecular weight excluding hydrogens is 504 g/mol. The van der Waals surface area contributed by atoms with Gasteiger partial charge in [-0.25, -0.2) is 9.59 Å². The Morgan fingerprint density at radius 3 is 1.43 bits per heavy atom. The number of rotatable bonds is 10. The first-order chi connectivity index (χ1) is 19.2. The summed E-state index contributed by atoms with van der Waals surface area (Å²) in [6, 6.07) is 17.3. The van der Waals surface area contributed by atoms with Crippen molar-refractivity contribution in [3.05, 3.63) is 71.8 Å². The second-order valence-corrected chi connectivity index (χ2v) is 11.4. The van der Waals surface area contributed by atoms with Gasteiger partial charge >= 0.3 is 11.9 Å². The second kappa shape index (κ2) is 14.3. The van der Waals surface area contributed by atoms with Crippen LogP contribution in [-0.4, -0.2) is 76.4 Å². The molecule has 0 aromatic heterocycles. The van der Waals surface area contributed by atoms with Crippen molar-refractivity contribution in [2.24, 2.45) is 11.8 Å². The highest BCUT2D eigenvalue weighted by atomic mass is 16.7. The summed E-state index contributed by atoms with van der Waals surface area (Å²) in [7, 11) is 8.21. The van der Waals surface area contributed by atoms with Gasteiger partial charge in [0, 0.05) is 77.9 Å². The van der Waals surface area contributed by atoms with E-state index in [9.17, 15) is 9.59 Å². The van der Waals surface area contributed by atoms with Crippen LogP contribution in [0.25, 0.3) is 0 Å². The lowest BCUT2D eigenvalue weighted by Gasteiger charge is -2.30. The Kier molecular flexibility index (Phi) is 10.6. The fourth-order valence-corrected chi connectivity index (χ4v) is 5.45. The van der Waals surface area contributed by atoms with Gasteiger partial charge in [-0.05, 0) is 85.8 Å². The Balaban J connectivity index is 1.12. The molecule has 8 heteroatoms. The van der Waals surface area contributed by atoms with Crippen molar-refractivity contribution in [2.75, 3.05) is 64.2 Å². The molecule has 2 saturated heterocycles. The van der Waals surface area contributed by atoms with Crippen LogP contribution >= 0.6 is 0 Å². The van der Waals surface area contributed by atoms with E-state index in [0.717, 1.165) is 50.7 Å². The van der Waals surface area contributed by atoms with Crippen LogP contribution in [0.15, 0.2) is 60.7 Å². The van der Waals surface area contributed by atoms with E-state index in [1.807, 2.05) is 0 Å². The lowest BCUT2D eigenvalue weighted by Crippen LogP contribution is -2.36. The molecule has 0 unspecified atom stereocenters. The van der Waals surface area contributed by atoms with Gasteiger partial charge in [0.15, 0.2) is 0 Å². The molecule has 2 aliphatic heterocycles. The van der Waals surface area contributed by atoms with Gasteiger partial charge in [0.1, 0.15) is 0 Å². The Hall–Kier alpha value is -3.36. The van der Waals surface area contributed by atoms with Crippen LogP contribution in [0.4, 0.5) is 11.4 Å². The SMILES string of the molecule is CN(C)c1cccc(CC2CCN(OC(=O)/C=C/C(=O)ON3CCC(Cc4cccc(N(C)C)c4)CC3)CC2)c1. The molecule has 2 heterocycles. The van der Waals surface area contributed by atoms with Gasteiger partial charge in [0.05, 0.1) is 0 Å². The van der Waals surface area contributed by atoms with E-state index >= 15 is 0 Å². The Bertz CT molecular complexity index is 1060. The number of piperidine rings is 2. The van der Waals surface area contributed by atoms with Crippen LogP contribution in [0.5, 0.6) is 0 Å². The number of hydrogen-bond donors (Lipinski definition) is 0. The third kappa shape index (κ3) is 9.10. The lowest BCUT2D eigenvalue weighted by molar-refractivity contribution is -0.193. The first-order valence-corrected chi connectivity index (χ1v) is 14.4. The molecule has 4 rings (SSSR count). The summed E-state index contributed by atoms with van der Waals surface area (Å²) in [6.07, 6.45) is 8.21. The average Bonchev–Trinajstić information content (AvgIpc) is 2.94. The summed E-state index contributed by atoms with van der Waals surface area (Å²) >= 11 is 0. The third-order valence-corrected chi connectivity index (χ3v) is 7.84. The van der Waals surface area contributed by atoms with Gasteiger partial charge in [0.2, 0.25) is 0 Å². The summed E-state index contributed by atoms with van der Waals surface area (Å²) in [5.41, 5.74) is 5.09.